The van der Waals surface area contributed by atoms with Crippen LogP contribution >= 0.6 is 11.8 Å². The van der Waals surface area contributed by atoms with E-state index in [-0.39, 0.29) is 0 Å². The number of nitrogens with zero attached hydrogens (tertiary/aromatic N) is 5. The molecule has 3 heterocycles. The minimum Gasteiger partial charge on any atom is -0.455 e. The highest BCUT2D eigenvalue weighted by Crippen LogP contribution is 2.40. The summed E-state index contributed by atoms with van der Waals surface area (Å²) in [5.74, 6) is 2.41. The molecule has 0 spiro atoms. The Hall–Kier alpha value is -7.22. The molecular formula is C49H31N5OS. The van der Waals surface area contributed by atoms with Gasteiger partial charge < -0.3 is 4.42 Å². The van der Waals surface area contributed by atoms with Crippen LogP contribution in [-0.4, -0.2) is 24.9 Å². The van der Waals surface area contributed by atoms with Crippen LogP contribution < -0.4 is 0 Å². The maximum Gasteiger partial charge on any atom is 0.164 e. The number of furan rings is 1. The zero-order valence-corrected chi connectivity index (χ0v) is 30.8. The predicted molar refractivity (Wildman–Crippen MR) is 226 cm³/mol. The molecule has 0 N–H and O–H groups in total. The lowest BCUT2D eigenvalue weighted by atomic mass is 10.0. The third kappa shape index (κ3) is 6.50. The highest BCUT2D eigenvalue weighted by atomic mass is 32.2. The lowest BCUT2D eigenvalue weighted by Gasteiger charge is -2.12. The van der Waals surface area contributed by atoms with Crippen molar-refractivity contribution in [3.63, 3.8) is 0 Å². The SMILES string of the molecule is c1ccc(Sc2cnc(-c3cccc4c3oc3ccc(-c5nc(-c6ccccc6)nc(-c6ccccc6)n5)cc34)nc2-c2ccc(-c3ccccc3)cc2)cc1. The second kappa shape index (κ2) is 14.5. The number of rotatable bonds is 8. The Morgan fingerprint density at radius 2 is 0.929 bits per heavy atom. The summed E-state index contributed by atoms with van der Waals surface area (Å²) in [5.41, 5.74) is 9.19. The zero-order valence-electron chi connectivity index (χ0n) is 30.0. The van der Waals surface area contributed by atoms with Crippen LogP contribution in [0.4, 0.5) is 0 Å². The van der Waals surface area contributed by atoms with Crippen LogP contribution in [0.3, 0.4) is 0 Å². The normalized spacial score (nSPS) is 11.3. The van der Waals surface area contributed by atoms with Gasteiger partial charge in [0, 0.05) is 44.1 Å². The zero-order chi connectivity index (χ0) is 37.3. The number of para-hydroxylation sites is 1. The average Bonchev–Trinajstić information content (AvgIpc) is 3.66. The highest BCUT2D eigenvalue weighted by molar-refractivity contribution is 7.99. The summed E-state index contributed by atoms with van der Waals surface area (Å²) in [6, 6.07) is 61.6. The molecule has 10 aromatic rings. The van der Waals surface area contributed by atoms with Crippen LogP contribution in [0.5, 0.6) is 0 Å². The first-order valence-corrected chi connectivity index (χ1v) is 19.1. The van der Waals surface area contributed by atoms with Gasteiger partial charge in [-0.2, -0.15) is 0 Å². The molecule has 264 valence electrons. The molecule has 0 fully saturated rings. The second-order valence-corrected chi connectivity index (χ2v) is 14.4. The minimum absolute atomic E-state index is 0.586. The standard InChI is InChI=1S/C49H31N5OS/c1-5-14-32(15-6-1)33-24-26-34(27-25-33)44-43(56-38-20-11-4-12-21-38)31-50-49(51-44)40-23-13-22-39-41-30-37(28-29-42(41)55-45(39)40)48-53-46(35-16-7-2-8-17-35)52-47(54-48)36-18-9-3-10-19-36/h1-31H. The van der Waals surface area contributed by atoms with Gasteiger partial charge in [-0.25, -0.2) is 24.9 Å². The Morgan fingerprint density at radius 1 is 0.393 bits per heavy atom. The highest BCUT2D eigenvalue weighted by Gasteiger charge is 2.19. The Balaban J connectivity index is 1.08. The lowest BCUT2D eigenvalue weighted by molar-refractivity contribution is 0.669. The molecule has 10 rings (SSSR count). The summed E-state index contributed by atoms with van der Waals surface area (Å²) in [5, 5.41) is 1.91. The number of hydrogen-bond donors (Lipinski definition) is 0. The van der Waals surface area contributed by atoms with Crippen molar-refractivity contribution < 1.29 is 4.42 Å². The Labute approximate surface area is 327 Å². The number of benzene rings is 7. The molecule has 3 aromatic heterocycles. The van der Waals surface area contributed by atoms with Crippen molar-refractivity contribution in [2.75, 3.05) is 0 Å². The molecule has 0 atom stereocenters. The molecule has 0 amide bonds. The number of fused-ring (bicyclic) bond motifs is 3. The van der Waals surface area contributed by atoms with Gasteiger partial charge in [0.2, 0.25) is 0 Å². The Kier molecular flexibility index (Phi) is 8.67. The van der Waals surface area contributed by atoms with Crippen molar-refractivity contribution in [1.82, 2.24) is 24.9 Å². The van der Waals surface area contributed by atoms with Gasteiger partial charge in [-0.3, -0.25) is 0 Å². The molecule has 0 saturated carbocycles. The maximum absolute atomic E-state index is 6.61. The quantitative estimate of drug-likeness (QED) is 0.154. The van der Waals surface area contributed by atoms with Gasteiger partial charge in [-0.1, -0.05) is 157 Å². The van der Waals surface area contributed by atoms with Crippen molar-refractivity contribution in [1.29, 1.82) is 0 Å². The summed E-state index contributed by atoms with van der Waals surface area (Å²) in [6.45, 7) is 0. The topological polar surface area (TPSA) is 77.6 Å². The van der Waals surface area contributed by atoms with Crippen molar-refractivity contribution in [2.24, 2.45) is 0 Å². The van der Waals surface area contributed by atoms with Gasteiger partial charge in [0.05, 0.1) is 16.2 Å². The minimum atomic E-state index is 0.586. The summed E-state index contributed by atoms with van der Waals surface area (Å²) >= 11 is 1.65. The number of aromatic nitrogens is 5. The third-order valence-corrected chi connectivity index (χ3v) is 10.7. The lowest BCUT2D eigenvalue weighted by Crippen LogP contribution is -2.00. The Morgan fingerprint density at radius 3 is 1.57 bits per heavy atom. The van der Waals surface area contributed by atoms with Crippen molar-refractivity contribution in [3.8, 4) is 67.9 Å². The van der Waals surface area contributed by atoms with E-state index < -0.39 is 0 Å². The molecule has 0 radical (unpaired) electrons. The fourth-order valence-corrected chi connectivity index (χ4v) is 7.81. The summed E-state index contributed by atoms with van der Waals surface area (Å²) in [4.78, 5) is 27.1. The fraction of sp³-hybridized carbons (Fsp3) is 0. The van der Waals surface area contributed by atoms with Crippen LogP contribution in [0, 0.1) is 0 Å². The summed E-state index contributed by atoms with van der Waals surface area (Å²) < 4.78 is 6.61. The Bertz CT molecular complexity index is 2920. The van der Waals surface area contributed by atoms with Gasteiger partial charge >= 0.3 is 0 Å². The first-order valence-electron chi connectivity index (χ1n) is 18.3. The molecule has 7 heteroatoms. The molecule has 0 unspecified atom stereocenters. The second-order valence-electron chi connectivity index (χ2n) is 13.3. The molecule has 0 bridgehead atoms. The van der Waals surface area contributed by atoms with Crippen LogP contribution in [0.1, 0.15) is 0 Å². The van der Waals surface area contributed by atoms with Crippen LogP contribution in [0.2, 0.25) is 0 Å². The molecule has 7 aromatic carbocycles. The predicted octanol–water partition coefficient (Wildman–Crippen LogP) is 12.7. The van der Waals surface area contributed by atoms with Crippen molar-refractivity contribution >= 4 is 33.7 Å². The summed E-state index contributed by atoms with van der Waals surface area (Å²) in [7, 11) is 0. The molecule has 0 aliphatic heterocycles. The average molecular weight is 738 g/mol. The fourth-order valence-electron chi connectivity index (χ4n) is 6.90. The molecule has 0 aliphatic carbocycles. The van der Waals surface area contributed by atoms with E-state index in [0.29, 0.717) is 23.3 Å². The van der Waals surface area contributed by atoms with E-state index in [2.05, 4.69) is 72.8 Å². The molecule has 6 nitrogen and oxygen atoms in total. The van der Waals surface area contributed by atoms with Crippen LogP contribution in [0.15, 0.2) is 202 Å². The van der Waals surface area contributed by atoms with Gasteiger partial charge in [0.25, 0.3) is 0 Å². The monoisotopic (exact) mass is 737 g/mol. The van der Waals surface area contributed by atoms with E-state index in [1.807, 2.05) is 115 Å². The van der Waals surface area contributed by atoms with E-state index in [1.165, 1.54) is 5.56 Å². The first-order chi connectivity index (χ1) is 27.7. The van der Waals surface area contributed by atoms with E-state index in [4.69, 9.17) is 29.3 Å². The van der Waals surface area contributed by atoms with Crippen molar-refractivity contribution in [3.05, 3.63) is 188 Å². The molecule has 56 heavy (non-hydrogen) atoms. The molecule has 0 aliphatic rings. The van der Waals surface area contributed by atoms with Crippen LogP contribution in [-0.2, 0) is 0 Å². The first kappa shape index (κ1) is 33.4. The van der Waals surface area contributed by atoms with E-state index >= 15 is 0 Å². The maximum atomic E-state index is 6.61. The van der Waals surface area contributed by atoms with E-state index in [1.54, 1.807) is 11.8 Å². The van der Waals surface area contributed by atoms with Gasteiger partial charge in [0.1, 0.15) is 11.2 Å². The smallest absolute Gasteiger partial charge is 0.164 e. The third-order valence-electron chi connectivity index (χ3n) is 9.69. The number of hydrogen-bond acceptors (Lipinski definition) is 7. The van der Waals surface area contributed by atoms with E-state index in [9.17, 15) is 0 Å². The summed E-state index contributed by atoms with van der Waals surface area (Å²) in [6.07, 6.45) is 1.93. The van der Waals surface area contributed by atoms with Gasteiger partial charge in [0.15, 0.2) is 23.3 Å². The van der Waals surface area contributed by atoms with Gasteiger partial charge in [-0.05, 0) is 47.5 Å². The van der Waals surface area contributed by atoms with Crippen LogP contribution in [0.25, 0.3) is 89.9 Å². The molecule has 0 saturated heterocycles. The largest absolute Gasteiger partial charge is 0.455 e. The van der Waals surface area contributed by atoms with Crippen molar-refractivity contribution in [2.45, 2.75) is 9.79 Å². The van der Waals surface area contributed by atoms with Gasteiger partial charge in [-0.15, -0.1) is 0 Å². The molecular weight excluding hydrogens is 707 g/mol. The van der Waals surface area contributed by atoms with E-state index in [0.717, 1.165) is 70.8 Å².